The second-order valence-electron chi connectivity index (χ2n) is 4.24. The predicted molar refractivity (Wildman–Crippen MR) is 72.8 cm³/mol. The molecule has 0 atom stereocenters. The minimum absolute atomic E-state index is 0.0282. The molecule has 0 aromatic heterocycles. The van der Waals surface area contributed by atoms with Crippen LogP contribution in [0.25, 0.3) is 0 Å². The van der Waals surface area contributed by atoms with Crippen LogP contribution < -0.4 is 10.6 Å². The van der Waals surface area contributed by atoms with Crippen molar-refractivity contribution in [3.05, 3.63) is 58.6 Å². The summed E-state index contributed by atoms with van der Waals surface area (Å²) in [6.45, 7) is 0.501. The number of benzene rings is 2. The lowest BCUT2D eigenvalue weighted by Gasteiger charge is -2.15. The van der Waals surface area contributed by atoms with E-state index in [2.05, 4.69) is 0 Å². The van der Waals surface area contributed by atoms with Crippen molar-refractivity contribution in [3.8, 4) is 0 Å². The van der Waals surface area contributed by atoms with Gasteiger partial charge in [0.1, 0.15) is 0 Å². The van der Waals surface area contributed by atoms with Crippen LogP contribution in [-0.4, -0.2) is 5.91 Å². The van der Waals surface area contributed by atoms with Gasteiger partial charge in [0.05, 0.1) is 6.54 Å². The molecule has 0 unspecified atom stereocenters. The van der Waals surface area contributed by atoms with E-state index in [1.165, 1.54) is 0 Å². The van der Waals surface area contributed by atoms with Crippen LogP contribution in [0, 0.1) is 0 Å². The Morgan fingerprint density at radius 3 is 2.67 bits per heavy atom. The first kappa shape index (κ1) is 11.1. The predicted octanol–water partition coefficient (Wildman–Crippen LogP) is 3.08. The van der Waals surface area contributed by atoms with Gasteiger partial charge in [-0.15, -0.1) is 0 Å². The molecule has 3 rings (SSSR count). The first-order chi connectivity index (χ1) is 8.66. The summed E-state index contributed by atoms with van der Waals surface area (Å²) in [5, 5.41) is 0.615. The van der Waals surface area contributed by atoms with Gasteiger partial charge in [0.2, 0.25) is 0 Å². The van der Waals surface area contributed by atoms with Crippen molar-refractivity contribution in [1.82, 2.24) is 0 Å². The van der Waals surface area contributed by atoms with Gasteiger partial charge in [-0.1, -0.05) is 23.7 Å². The summed E-state index contributed by atoms with van der Waals surface area (Å²) in [6, 6.07) is 12.7. The van der Waals surface area contributed by atoms with Gasteiger partial charge in [0.15, 0.2) is 0 Å². The summed E-state index contributed by atoms with van der Waals surface area (Å²) in [4.78, 5) is 14.0. The zero-order valence-electron chi connectivity index (χ0n) is 9.56. The monoisotopic (exact) mass is 258 g/mol. The van der Waals surface area contributed by atoms with E-state index >= 15 is 0 Å². The van der Waals surface area contributed by atoms with Gasteiger partial charge in [0.25, 0.3) is 5.91 Å². The van der Waals surface area contributed by atoms with Gasteiger partial charge >= 0.3 is 0 Å². The maximum Gasteiger partial charge on any atom is 0.259 e. The number of hydrogen-bond donors (Lipinski definition) is 1. The van der Waals surface area contributed by atoms with Gasteiger partial charge in [-0.25, -0.2) is 0 Å². The molecule has 0 saturated carbocycles. The highest BCUT2D eigenvalue weighted by Gasteiger charge is 2.29. The fourth-order valence-electron chi connectivity index (χ4n) is 2.21. The second-order valence-corrected chi connectivity index (χ2v) is 4.68. The highest BCUT2D eigenvalue weighted by atomic mass is 35.5. The number of nitrogens with zero attached hydrogens (tertiary/aromatic N) is 1. The number of nitrogens with two attached hydrogens (primary N) is 1. The Balaban J connectivity index is 2.05. The van der Waals surface area contributed by atoms with Crippen LogP contribution in [0.2, 0.25) is 5.02 Å². The van der Waals surface area contributed by atoms with Crippen molar-refractivity contribution >= 4 is 28.9 Å². The lowest BCUT2D eigenvalue weighted by Crippen LogP contribution is -2.22. The number of rotatable bonds is 1. The molecular formula is C14H11ClN2O. The van der Waals surface area contributed by atoms with E-state index in [1.807, 2.05) is 18.2 Å². The van der Waals surface area contributed by atoms with Crippen LogP contribution >= 0.6 is 11.6 Å². The van der Waals surface area contributed by atoms with Crippen LogP contribution in [-0.2, 0) is 6.54 Å². The SMILES string of the molecule is Nc1cccc2c1CN(c1cccc(Cl)c1)C2=O. The Labute approximate surface area is 110 Å². The first-order valence-corrected chi connectivity index (χ1v) is 5.99. The first-order valence-electron chi connectivity index (χ1n) is 5.61. The molecule has 18 heavy (non-hydrogen) atoms. The standard InChI is InChI=1S/C14H11ClN2O/c15-9-3-1-4-10(7-9)17-8-12-11(14(17)18)5-2-6-13(12)16/h1-7H,8,16H2. The minimum atomic E-state index is -0.0282. The molecule has 0 bridgehead atoms. The van der Waals surface area contributed by atoms with Crippen LogP contribution in [0.5, 0.6) is 0 Å². The highest BCUT2D eigenvalue weighted by molar-refractivity contribution is 6.31. The number of hydrogen-bond acceptors (Lipinski definition) is 2. The van der Waals surface area contributed by atoms with E-state index in [9.17, 15) is 4.79 Å². The average molecular weight is 259 g/mol. The fourth-order valence-corrected chi connectivity index (χ4v) is 2.39. The summed E-state index contributed by atoms with van der Waals surface area (Å²) in [5.41, 5.74) is 8.92. The Morgan fingerprint density at radius 1 is 1.17 bits per heavy atom. The largest absolute Gasteiger partial charge is 0.398 e. The molecule has 2 N–H and O–H groups in total. The molecule has 0 saturated heterocycles. The number of amides is 1. The molecule has 1 amide bonds. The van der Waals surface area contributed by atoms with Crippen LogP contribution in [0.4, 0.5) is 11.4 Å². The zero-order valence-corrected chi connectivity index (χ0v) is 10.3. The molecule has 1 heterocycles. The topological polar surface area (TPSA) is 46.3 Å². The van der Waals surface area contributed by atoms with Gasteiger partial charge in [-0.3, -0.25) is 4.79 Å². The molecule has 1 aliphatic rings. The molecule has 0 spiro atoms. The molecule has 0 aliphatic carbocycles. The van der Waals surface area contributed by atoms with Crippen molar-refractivity contribution in [1.29, 1.82) is 0 Å². The smallest absolute Gasteiger partial charge is 0.259 e. The van der Waals surface area contributed by atoms with Crippen LogP contribution in [0.15, 0.2) is 42.5 Å². The summed E-state index contributed by atoms with van der Waals surface area (Å²) < 4.78 is 0. The van der Waals surface area contributed by atoms with Crippen molar-refractivity contribution in [2.75, 3.05) is 10.6 Å². The molecule has 4 heteroatoms. The minimum Gasteiger partial charge on any atom is -0.398 e. The van der Waals surface area contributed by atoms with E-state index in [0.29, 0.717) is 22.8 Å². The number of halogens is 1. The Bertz CT molecular complexity index is 639. The summed E-state index contributed by atoms with van der Waals surface area (Å²) in [5.74, 6) is -0.0282. The van der Waals surface area contributed by atoms with Crippen molar-refractivity contribution in [2.45, 2.75) is 6.54 Å². The molecule has 2 aromatic carbocycles. The van der Waals surface area contributed by atoms with E-state index in [0.717, 1.165) is 11.3 Å². The third-order valence-corrected chi connectivity index (χ3v) is 3.36. The van der Waals surface area contributed by atoms with E-state index in [-0.39, 0.29) is 5.91 Å². The Morgan fingerprint density at radius 2 is 1.94 bits per heavy atom. The Hall–Kier alpha value is -2.00. The second kappa shape index (κ2) is 4.03. The normalized spacial score (nSPS) is 13.8. The molecule has 3 nitrogen and oxygen atoms in total. The van der Waals surface area contributed by atoms with Gasteiger partial charge in [-0.05, 0) is 30.3 Å². The van der Waals surface area contributed by atoms with E-state index in [4.69, 9.17) is 17.3 Å². The summed E-state index contributed by atoms with van der Waals surface area (Å²) in [6.07, 6.45) is 0. The Kier molecular flexibility index (Phi) is 2.49. The van der Waals surface area contributed by atoms with Gasteiger partial charge < -0.3 is 10.6 Å². The average Bonchev–Trinajstić information content (AvgIpc) is 2.69. The number of anilines is 2. The van der Waals surface area contributed by atoms with Gasteiger partial charge in [0, 0.05) is 27.5 Å². The molecule has 0 fully saturated rings. The van der Waals surface area contributed by atoms with Crippen molar-refractivity contribution < 1.29 is 4.79 Å². The molecule has 0 radical (unpaired) electrons. The summed E-state index contributed by atoms with van der Waals surface area (Å²) in [7, 11) is 0. The molecule has 1 aliphatic heterocycles. The van der Waals surface area contributed by atoms with E-state index in [1.54, 1.807) is 29.2 Å². The lowest BCUT2D eigenvalue weighted by atomic mass is 10.1. The third kappa shape index (κ3) is 1.64. The highest BCUT2D eigenvalue weighted by Crippen LogP contribution is 2.32. The summed E-state index contributed by atoms with van der Waals surface area (Å²) >= 11 is 5.95. The number of carbonyl (C=O) groups excluding carboxylic acids is 1. The maximum absolute atomic E-state index is 12.3. The fraction of sp³-hybridized carbons (Fsp3) is 0.0714. The number of nitrogen functional groups attached to an aromatic ring is 1. The lowest BCUT2D eigenvalue weighted by molar-refractivity contribution is 0.0996. The van der Waals surface area contributed by atoms with Crippen molar-refractivity contribution in [2.24, 2.45) is 0 Å². The van der Waals surface area contributed by atoms with Crippen LogP contribution in [0.3, 0.4) is 0 Å². The number of fused-ring (bicyclic) bond motifs is 1. The zero-order chi connectivity index (χ0) is 12.7. The van der Waals surface area contributed by atoms with E-state index < -0.39 is 0 Å². The molecule has 2 aromatic rings. The molecular weight excluding hydrogens is 248 g/mol. The quantitative estimate of drug-likeness (QED) is 0.799. The van der Waals surface area contributed by atoms with Gasteiger partial charge in [-0.2, -0.15) is 0 Å². The van der Waals surface area contributed by atoms with Crippen LogP contribution in [0.1, 0.15) is 15.9 Å². The number of carbonyl (C=O) groups is 1. The molecule has 90 valence electrons. The maximum atomic E-state index is 12.3. The third-order valence-electron chi connectivity index (χ3n) is 3.12. The van der Waals surface area contributed by atoms with Crippen molar-refractivity contribution in [3.63, 3.8) is 0 Å².